The predicted octanol–water partition coefficient (Wildman–Crippen LogP) is 3.30. The minimum Gasteiger partial charge on any atom is -0.497 e. The second kappa shape index (κ2) is 8.04. The van der Waals surface area contributed by atoms with Crippen LogP contribution in [0, 0.1) is 0 Å². The molecule has 0 atom stereocenters. The number of methoxy groups -OCH3 is 3. The van der Waals surface area contributed by atoms with Gasteiger partial charge in [-0.05, 0) is 37.3 Å². The first-order valence-electron chi connectivity index (χ1n) is 8.77. The lowest BCUT2D eigenvalue weighted by Gasteiger charge is -2.13. The van der Waals surface area contributed by atoms with Gasteiger partial charge in [0, 0.05) is 24.5 Å². The van der Waals surface area contributed by atoms with Crippen molar-refractivity contribution >= 4 is 22.5 Å². The summed E-state index contributed by atoms with van der Waals surface area (Å²) in [5.74, 6) is 1.09. The number of pyridine rings is 1. The van der Waals surface area contributed by atoms with Crippen LogP contribution in [0.5, 0.6) is 17.2 Å². The Morgan fingerprint density at radius 3 is 2.39 bits per heavy atom. The van der Waals surface area contributed by atoms with Gasteiger partial charge in [0.15, 0.2) is 11.5 Å². The monoisotopic (exact) mass is 382 g/mol. The van der Waals surface area contributed by atoms with Gasteiger partial charge in [-0.3, -0.25) is 9.59 Å². The number of aryl methyl sites for hydroxylation is 1. The van der Waals surface area contributed by atoms with E-state index in [4.69, 9.17) is 14.2 Å². The molecule has 7 heteroatoms. The molecular weight excluding hydrogens is 360 g/mol. The summed E-state index contributed by atoms with van der Waals surface area (Å²) in [6.07, 6.45) is 1.58. The number of hydrogen-bond acceptors (Lipinski definition) is 5. The molecule has 3 aromatic rings. The zero-order valence-electron chi connectivity index (χ0n) is 16.2. The zero-order chi connectivity index (χ0) is 20.3. The molecule has 1 heterocycles. The lowest BCUT2D eigenvalue weighted by atomic mass is 10.1. The van der Waals surface area contributed by atoms with Crippen LogP contribution in [0.3, 0.4) is 0 Å². The molecule has 146 valence electrons. The number of nitrogens with zero attached hydrogens (tertiary/aromatic N) is 1. The summed E-state index contributed by atoms with van der Waals surface area (Å²) in [5.41, 5.74) is 0.945. The number of aromatic nitrogens is 1. The maximum atomic E-state index is 12.9. The summed E-state index contributed by atoms with van der Waals surface area (Å²) in [6.45, 7) is 2.56. The predicted molar refractivity (Wildman–Crippen MR) is 108 cm³/mol. The van der Waals surface area contributed by atoms with Crippen LogP contribution in [0.1, 0.15) is 17.3 Å². The third-order valence-electron chi connectivity index (χ3n) is 4.51. The van der Waals surface area contributed by atoms with Crippen molar-refractivity contribution in [1.82, 2.24) is 4.57 Å². The van der Waals surface area contributed by atoms with Gasteiger partial charge in [-0.25, -0.2) is 0 Å². The molecule has 1 aromatic heterocycles. The van der Waals surface area contributed by atoms with E-state index >= 15 is 0 Å². The first-order valence-corrected chi connectivity index (χ1v) is 8.77. The molecule has 28 heavy (non-hydrogen) atoms. The highest BCUT2D eigenvalue weighted by molar-refractivity contribution is 6.06. The van der Waals surface area contributed by atoms with Crippen molar-refractivity contribution in [2.75, 3.05) is 26.6 Å². The topological polar surface area (TPSA) is 78.8 Å². The molecule has 0 unspecified atom stereocenters. The number of anilines is 1. The van der Waals surface area contributed by atoms with Gasteiger partial charge >= 0.3 is 0 Å². The third kappa shape index (κ3) is 3.51. The molecule has 3 rings (SSSR count). The van der Waals surface area contributed by atoms with Gasteiger partial charge in [-0.1, -0.05) is 0 Å². The standard InChI is InChI=1S/C21H22N2O5/c1-5-23-12-16(20(24)15-11-14(26-2)7-8-17(15)23)21(25)22-13-6-9-18(27-3)19(10-13)28-4/h6-12H,5H2,1-4H3,(H,22,25). The average Bonchev–Trinajstić information content (AvgIpc) is 2.73. The number of rotatable bonds is 6. The number of nitrogens with one attached hydrogen (secondary N) is 1. The molecule has 0 saturated carbocycles. The number of amides is 1. The van der Waals surface area contributed by atoms with E-state index in [1.165, 1.54) is 21.3 Å². The number of hydrogen-bond donors (Lipinski definition) is 1. The van der Waals surface area contributed by atoms with Gasteiger partial charge in [0.05, 0.1) is 32.2 Å². The molecule has 7 nitrogen and oxygen atoms in total. The molecule has 0 aliphatic heterocycles. The fourth-order valence-corrected chi connectivity index (χ4v) is 3.04. The third-order valence-corrected chi connectivity index (χ3v) is 4.51. The number of carbonyl (C=O) groups excluding carboxylic acids is 1. The highest BCUT2D eigenvalue weighted by Gasteiger charge is 2.17. The van der Waals surface area contributed by atoms with Crippen LogP contribution < -0.4 is 25.0 Å². The maximum Gasteiger partial charge on any atom is 0.261 e. The molecular formula is C21H22N2O5. The van der Waals surface area contributed by atoms with Crippen LogP contribution in [0.4, 0.5) is 5.69 Å². The van der Waals surface area contributed by atoms with E-state index in [0.29, 0.717) is 34.9 Å². The Morgan fingerprint density at radius 2 is 1.75 bits per heavy atom. The number of benzene rings is 2. The van der Waals surface area contributed by atoms with Crippen LogP contribution in [0.2, 0.25) is 0 Å². The van der Waals surface area contributed by atoms with Gasteiger partial charge in [-0.15, -0.1) is 0 Å². The molecule has 0 aliphatic rings. The van der Waals surface area contributed by atoms with Crippen molar-refractivity contribution < 1.29 is 19.0 Å². The number of carbonyl (C=O) groups is 1. The first-order chi connectivity index (χ1) is 13.5. The summed E-state index contributed by atoms with van der Waals surface area (Å²) in [6, 6.07) is 10.3. The quantitative estimate of drug-likeness (QED) is 0.708. The Kier molecular flexibility index (Phi) is 5.54. The summed E-state index contributed by atoms with van der Waals surface area (Å²) in [4.78, 5) is 25.8. The van der Waals surface area contributed by atoms with Gasteiger partial charge in [0.2, 0.25) is 5.43 Å². The van der Waals surface area contributed by atoms with Crippen molar-refractivity contribution in [1.29, 1.82) is 0 Å². The summed E-state index contributed by atoms with van der Waals surface area (Å²) in [5, 5.41) is 3.18. The molecule has 0 radical (unpaired) electrons. The molecule has 0 bridgehead atoms. The Labute approximate surface area is 162 Å². The molecule has 0 aliphatic carbocycles. The highest BCUT2D eigenvalue weighted by Crippen LogP contribution is 2.30. The van der Waals surface area contributed by atoms with Gasteiger partial charge < -0.3 is 24.1 Å². The molecule has 2 aromatic carbocycles. The summed E-state index contributed by atoms with van der Waals surface area (Å²) >= 11 is 0. The highest BCUT2D eigenvalue weighted by atomic mass is 16.5. The Hall–Kier alpha value is -3.48. The molecule has 0 spiro atoms. The van der Waals surface area contributed by atoms with E-state index in [9.17, 15) is 9.59 Å². The Bertz CT molecular complexity index is 1090. The fraction of sp³-hybridized carbons (Fsp3) is 0.238. The largest absolute Gasteiger partial charge is 0.497 e. The smallest absolute Gasteiger partial charge is 0.261 e. The average molecular weight is 382 g/mol. The minimum atomic E-state index is -0.496. The Balaban J connectivity index is 2.04. The van der Waals surface area contributed by atoms with E-state index in [2.05, 4.69) is 5.32 Å². The second-order valence-electron chi connectivity index (χ2n) is 6.06. The zero-order valence-corrected chi connectivity index (χ0v) is 16.2. The second-order valence-corrected chi connectivity index (χ2v) is 6.06. The van der Waals surface area contributed by atoms with Gasteiger partial charge in [-0.2, -0.15) is 0 Å². The molecule has 1 amide bonds. The van der Waals surface area contributed by atoms with Crippen LogP contribution in [0.15, 0.2) is 47.4 Å². The summed E-state index contributed by atoms with van der Waals surface area (Å²) in [7, 11) is 4.58. The maximum absolute atomic E-state index is 12.9. The number of fused-ring (bicyclic) bond motifs is 1. The first kappa shape index (κ1) is 19.3. The van der Waals surface area contributed by atoms with Crippen molar-refractivity contribution in [3.05, 3.63) is 58.4 Å². The van der Waals surface area contributed by atoms with Crippen LogP contribution >= 0.6 is 0 Å². The summed E-state index contributed by atoms with van der Waals surface area (Å²) < 4.78 is 17.5. The van der Waals surface area contributed by atoms with Crippen LogP contribution in [-0.2, 0) is 6.54 Å². The minimum absolute atomic E-state index is 0.0531. The van der Waals surface area contributed by atoms with Crippen molar-refractivity contribution in [3.8, 4) is 17.2 Å². The van der Waals surface area contributed by atoms with Gasteiger partial charge in [0.1, 0.15) is 11.3 Å². The van der Waals surface area contributed by atoms with E-state index in [-0.39, 0.29) is 11.0 Å². The Morgan fingerprint density at radius 1 is 1.00 bits per heavy atom. The SMILES string of the molecule is CCn1cc(C(=O)Nc2ccc(OC)c(OC)c2)c(=O)c2cc(OC)ccc21. The van der Waals surface area contributed by atoms with Crippen LogP contribution in [-0.4, -0.2) is 31.8 Å². The lowest BCUT2D eigenvalue weighted by Crippen LogP contribution is -2.24. The van der Waals surface area contributed by atoms with Gasteiger partial charge in [0.25, 0.3) is 5.91 Å². The van der Waals surface area contributed by atoms with E-state index in [0.717, 1.165) is 5.52 Å². The van der Waals surface area contributed by atoms with E-state index < -0.39 is 5.91 Å². The van der Waals surface area contributed by atoms with Crippen molar-refractivity contribution in [3.63, 3.8) is 0 Å². The van der Waals surface area contributed by atoms with E-state index in [1.807, 2.05) is 17.6 Å². The molecule has 1 N–H and O–H groups in total. The number of ether oxygens (including phenoxy) is 3. The fourth-order valence-electron chi connectivity index (χ4n) is 3.04. The van der Waals surface area contributed by atoms with Crippen LogP contribution in [0.25, 0.3) is 10.9 Å². The molecule has 0 fully saturated rings. The normalized spacial score (nSPS) is 10.6. The lowest BCUT2D eigenvalue weighted by molar-refractivity contribution is 0.102. The molecule has 0 saturated heterocycles. The van der Waals surface area contributed by atoms with Crippen molar-refractivity contribution in [2.24, 2.45) is 0 Å². The van der Waals surface area contributed by atoms with E-state index in [1.54, 1.807) is 36.5 Å². The van der Waals surface area contributed by atoms with Crippen molar-refractivity contribution in [2.45, 2.75) is 13.5 Å².